The number of anilines is 3. The molecule has 1 heteroatoms. The summed E-state index contributed by atoms with van der Waals surface area (Å²) in [7, 11) is 0. The van der Waals surface area contributed by atoms with E-state index in [1.807, 2.05) is 0 Å². The van der Waals surface area contributed by atoms with E-state index in [1.54, 1.807) is 16.7 Å². The van der Waals surface area contributed by atoms with Crippen molar-refractivity contribution in [3.05, 3.63) is 174 Å². The second kappa shape index (κ2) is 11.3. The molecule has 246 valence electrons. The molecule has 0 radical (unpaired) electrons. The van der Waals surface area contributed by atoms with Gasteiger partial charge in [-0.25, -0.2) is 0 Å². The third kappa shape index (κ3) is 4.38. The van der Waals surface area contributed by atoms with Gasteiger partial charge in [-0.1, -0.05) is 135 Å². The Balaban J connectivity index is 1.21. The highest BCUT2D eigenvalue weighted by molar-refractivity contribution is 5.89. The number of hydrogen-bond donors (Lipinski definition) is 0. The largest absolute Gasteiger partial charge is 0.310 e. The van der Waals surface area contributed by atoms with Crippen molar-refractivity contribution in [2.75, 3.05) is 4.90 Å². The number of rotatable bonds is 5. The first kappa shape index (κ1) is 30.0. The molecule has 0 amide bonds. The molecule has 4 fully saturated rings. The third-order valence-corrected chi connectivity index (χ3v) is 13.3. The fraction of sp³-hybridized carbons (Fsp3) is 0.265. The number of nitrogens with zero attached hydrogens (tertiary/aromatic N) is 1. The molecule has 6 aromatic carbocycles. The Morgan fingerprint density at radius 3 is 1.64 bits per heavy atom. The van der Waals surface area contributed by atoms with Crippen LogP contribution < -0.4 is 4.90 Å². The van der Waals surface area contributed by atoms with E-state index >= 15 is 0 Å². The first-order valence-corrected chi connectivity index (χ1v) is 18.9. The minimum absolute atomic E-state index is 0.0610. The molecule has 4 bridgehead atoms. The van der Waals surface area contributed by atoms with Crippen LogP contribution in [-0.4, -0.2) is 0 Å². The van der Waals surface area contributed by atoms with E-state index in [1.165, 1.54) is 77.0 Å². The predicted octanol–water partition coefficient (Wildman–Crippen LogP) is 12.9. The zero-order valence-corrected chi connectivity index (χ0v) is 29.2. The Hall–Kier alpha value is -4.88. The third-order valence-electron chi connectivity index (χ3n) is 13.3. The normalized spacial score (nSPS) is 25.2. The predicted molar refractivity (Wildman–Crippen MR) is 208 cm³/mol. The lowest BCUT2D eigenvalue weighted by Crippen LogP contribution is -2.58. The molecule has 0 aliphatic heterocycles. The zero-order valence-electron chi connectivity index (χ0n) is 29.2. The summed E-state index contributed by atoms with van der Waals surface area (Å²) < 4.78 is 0. The van der Waals surface area contributed by atoms with Crippen molar-refractivity contribution in [2.45, 2.75) is 56.8 Å². The van der Waals surface area contributed by atoms with E-state index in [0.29, 0.717) is 11.8 Å². The van der Waals surface area contributed by atoms with Gasteiger partial charge in [0.1, 0.15) is 0 Å². The fourth-order valence-electron chi connectivity index (χ4n) is 11.4. The Morgan fingerprint density at radius 2 is 0.960 bits per heavy atom. The van der Waals surface area contributed by atoms with E-state index in [4.69, 9.17) is 0 Å². The molecule has 0 saturated heterocycles. The van der Waals surface area contributed by atoms with Crippen molar-refractivity contribution in [1.82, 2.24) is 0 Å². The van der Waals surface area contributed by atoms with Crippen LogP contribution in [0.25, 0.3) is 22.3 Å². The summed E-state index contributed by atoms with van der Waals surface area (Å²) in [4.78, 5) is 2.54. The van der Waals surface area contributed by atoms with Gasteiger partial charge in [0.25, 0.3) is 0 Å². The first-order chi connectivity index (χ1) is 24.5. The molecule has 5 aliphatic carbocycles. The SMILES string of the molecule is CC1(C)c2ccccc2C2(c3cc(N(c4ccc(-c5ccccc5)cc4)c4ccccc4-c4ccccc4)ccc31)C1CC3CC(C1)CC2C3. The Kier molecular flexibility index (Phi) is 6.79. The second-order valence-corrected chi connectivity index (χ2v) is 16.2. The van der Waals surface area contributed by atoms with E-state index in [2.05, 4.69) is 170 Å². The summed E-state index contributed by atoms with van der Waals surface area (Å²) in [6.45, 7) is 4.94. The van der Waals surface area contributed by atoms with Crippen molar-refractivity contribution in [3.63, 3.8) is 0 Å². The highest BCUT2D eigenvalue weighted by atomic mass is 15.1. The molecule has 11 rings (SSSR count). The van der Waals surface area contributed by atoms with Gasteiger partial charge in [0.05, 0.1) is 5.69 Å². The smallest absolute Gasteiger partial charge is 0.0540 e. The Bertz CT molecular complexity index is 2160. The molecule has 0 atom stereocenters. The topological polar surface area (TPSA) is 3.24 Å². The molecule has 0 unspecified atom stereocenters. The van der Waals surface area contributed by atoms with Crippen molar-refractivity contribution < 1.29 is 0 Å². The van der Waals surface area contributed by atoms with Crippen LogP contribution in [0, 0.1) is 23.7 Å². The standard InChI is InChI=1S/C49H45N/c1-48(2)43-18-10-11-19-45(43)49(38-28-33-27-34(30-38)31-39(49)29-33)46-32-41(25-26-44(46)48)50(40-23-21-36(22-24-40)35-13-5-3-6-14-35)47-20-12-9-17-42(47)37-15-7-4-8-16-37/h3-26,32-34,38-39H,27-31H2,1-2H3. The lowest BCUT2D eigenvalue weighted by molar-refractivity contribution is -0.0443. The average molecular weight is 648 g/mol. The van der Waals surface area contributed by atoms with Crippen LogP contribution >= 0.6 is 0 Å². The van der Waals surface area contributed by atoms with Crippen LogP contribution in [0.5, 0.6) is 0 Å². The molecule has 1 spiro atoms. The van der Waals surface area contributed by atoms with Gasteiger partial charge in [0.2, 0.25) is 0 Å². The monoisotopic (exact) mass is 647 g/mol. The summed E-state index contributed by atoms with van der Waals surface area (Å²) in [5.74, 6) is 3.24. The second-order valence-electron chi connectivity index (χ2n) is 16.2. The number of para-hydroxylation sites is 1. The summed E-state index contributed by atoms with van der Waals surface area (Å²) in [6.07, 6.45) is 6.99. The lowest BCUT2D eigenvalue weighted by Gasteiger charge is -2.64. The Labute approximate surface area is 297 Å². The van der Waals surface area contributed by atoms with Crippen molar-refractivity contribution in [2.24, 2.45) is 23.7 Å². The first-order valence-electron chi connectivity index (χ1n) is 18.9. The number of hydrogen-bond acceptors (Lipinski definition) is 1. The molecule has 0 heterocycles. The highest BCUT2D eigenvalue weighted by Crippen LogP contribution is 2.69. The molecule has 6 aromatic rings. The number of benzene rings is 6. The van der Waals surface area contributed by atoms with Gasteiger partial charge in [-0.15, -0.1) is 0 Å². The fourth-order valence-corrected chi connectivity index (χ4v) is 11.4. The number of fused-ring (bicyclic) bond motifs is 2. The molecule has 0 aromatic heterocycles. The summed E-state index contributed by atoms with van der Waals surface area (Å²) >= 11 is 0. The maximum absolute atomic E-state index is 2.65. The maximum atomic E-state index is 2.65. The molecule has 1 nitrogen and oxygen atoms in total. The zero-order chi connectivity index (χ0) is 33.5. The molecular formula is C49H45N. The van der Waals surface area contributed by atoms with E-state index in [0.717, 1.165) is 11.8 Å². The minimum atomic E-state index is -0.0610. The van der Waals surface area contributed by atoms with Crippen LogP contribution in [0.4, 0.5) is 17.1 Å². The molecule has 50 heavy (non-hydrogen) atoms. The Morgan fingerprint density at radius 1 is 0.440 bits per heavy atom. The van der Waals surface area contributed by atoms with Gasteiger partial charge >= 0.3 is 0 Å². The van der Waals surface area contributed by atoms with Gasteiger partial charge in [0.15, 0.2) is 0 Å². The summed E-state index contributed by atoms with van der Waals surface area (Å²) in [5.41, 5.74) is 14.9. The van der Waals surface area contributed by atoms with Crippen molar-refractivity contribution >= 4 is 17.1 Å². The van der Waals surface area contributed by atoms with Crippen molar-refractivity contribution in [3.8, 4) is 22.3 Å². The molecule has 0 N–H and O–H groups in total. The highest BCUT2D eigenvalue weighted by Gasteiger charge is 2.62. The summed E-state index contributed by atoms with van der Waals surface area (Å²) in [5, 5.41) is 0. The van der Waals surface area contributed by atoms with Crippen molar-refractivity contribution in [1.29, 1.82) is 0 Å². The lowest BCUT2D eigenvalue weighted by atomic mass is 9.39. The quantitative estimate of drug-likeness (QED) is 0.180. The van der Waals surface area contributed by atoms with Gasteiger partial charge in [-0.2, -0.15) is 0 Å². The minimum Gasteiger partial charge on any atom is -0.310 e. The van der Waals surface area contributed by atoms with Crippen LogP contribution in [0.2, 0.25) is 0 Å². The molecular weight excluding hydrogens is 603 g/mol. The molecule has 5 aliphatic rings. The maximum Gasteiger partial charge on any atom is 0.0540 e. The van der Waals surface area contributed by atoms with Crippen LogP contribution in [0.3, 0.4) is 0 Å². The summed E-state index contributed by atoms with van der Waals surface area (Å²) in [6, 6.07) is 57.0. The van der Waals surface area contributed by atoms with Gasteiger partial charge in [0, 0.05) is 27.8 Å². The van der Waals surface area contributed by atoms with E-state index in [9.17, 15) is 0 Å². The van der Waals surface area contributed by atoms with E-state index in [-0.39, 0.29) is 10.8 Å². The van der Waals surface area contributed by atoms with Crippen LogP contribution in [0.1, 0.15) is 68.2 Å². The van der Waals surface area contributed by atoms with Crippen LogP contribution in [-0.2, 0) is 10.8 Å². The van der Waals surface area contributed by atoms with Gasteiger partial charge in [-0.3, -0.25) is 0 Å². The average Bonchev–Trinajstić information content (AvgIpc) is 3.16. The van der Waals surface area contributed by atoms with Crippen LogP contribution in [0.15, 0.2) is 152 Å². The van der Waals surface area contributed by atoms with Gasteiger partial charge in [-0.05, 0) is 125 Å². The van der Waals surface area contributed by atoms with E-state index < -0.39 is 0 Å². The van der Waals surface area contributed by atoms with Gasteiger partial charge < -0.3 is 4.90 Å². The molecule has 4 saturated carbocycles.